The first-order valence-electron chi connectivity index (χ1n) is 7.13. The Labute approximate surface area is 138 Å². The number of nitrogens with one attached hydrogen (secondary N) is 1. The Morgan fingerprint density at radius 3 is 2.65 bits per heavy atom. The molecule has 1 aromatic rings. The summed E-state index contributed by atoms with van der Waals surface area (Å²) in [6.07, 6.45) is 0.391. The molecule has 1 aliphatic heterocycles. The number of carbonyl (C=O) groups is 3. The molecule has 2 rings (SSSR count). The summed E-state index contributed by atoms with van der Waals surface area (Å²) in [4.78, 5) is 37.3. The molecule has 1 saturated heterocycles. The van der Waals surface area contributed by atoms with Crippen LogP contribution in [-0.4, -0.2) is 47.7 Å². The van der Waals surface area contributed by atoms with Crippen molar-refractivity contribution in [1.29, 1.82) is 0 Å². The predicted molar refractivity (Wildman–Crippen MR) is 86.6 cm³/mol. The second-order valence-corrected chi connectivity index (χ2v) is 6.03. The Hall–Kier alpha value is -2.06. The van der Waals surface area contributed by atoms with E-state index in [1.165, 1.54) is 7.11 Å². The highest BCUT2D eigenvalue weighted by Crippen LogP contribution is 2.33. The highest BCUT2D eigenvalue weighted by Gasteiger charge is 2.41. The number of anilines is 1. The fourth-order valence-corrected chi connectivity index (χ4v) is 3.08. The van der Waals surface area contributed by atoms with Crippen LogP contribution in [0.2, 0.25) is 0 Å². The molecule has 1 fully saturated rings. The lowest BCUT2D eigenvalue weighted by Crippen LogP contribution is -2.34. The summed E-state index contributed by atoms with van der Waals surface area (Å²) in [5.74, 6) is -0.0866. The van der Waals surface area contributed by atoms with Gasteiger partial charge in [0, 0.05) is 19.6 Å². The first-order valence-corrected chi connectivity index (χ1v) is 8.01. The van der Waals surface area contributed by atoms with Crippen LogP contribution in [-0.2, 0) is 9.59 Å². The highest BCUT2D eigenvalue weighted by molar-refractivity contribution is 8.15. The Bertz CT molecular complexity index is 590. The number of aliphatic hydroxyl groups is 1. The van der Waals surface area contributed by atoms with Gasteiger partial charge >= 0.3 is 0 Å². The molecular weight excluding hydrogens is 320 g/mol. The number of benzene rings is 1. The molecule has 7 nitrogen and oxygen atoms in total. The Morgan fingerprint density at radius 1 is 1.35 bits per heavy atom. The Balaban J connectivity index is 2.00. The minimum absolute atomic E-state index is 0.0128. The topological polar surface area (TPSA) is 95.9 Å². The second kappa shape index (κ2) is 7.98. The average molecular weight is 338 g/mol. The Morgan fingerprint density at radius 2 is 2.04 bits per heavy atom. The predicted octanol–water partition coefficient (Wildman–Crippen LogP) is 1.15. The van der Waals surface area contributed by atoms with Gasteiger partial charge in [0.1, 0.15) is 11.0 Å². The lowest BCUT2D eigenvalue weighted by molar-refractivity contribution is -0.124. The lowest BCUT2D eigenvalue weighted by Gasteiger charge is -2.14. The Kier molecular flexibility index (Phi) is 6.00. The number of thioether (sulfide) groups is 1. The third kappa shape index (κ3) is 4.23. The molecule has 8 heteroatoms. The molecule has 1 heterocycles. The van der Waals surface area contributed by atoms with Crippen LogP contribution in [0.1, 0.15) is 12.8 Å². The van der Waals surface area contributed by atoms with E-state index in [0.29, 0.717) is 24.4 Å². The third-order valence-corrected chi connectivity index (χ3v) is 4.32. The number of hydrogen-bond donors (Lipinski definition) is 2. The van der Waals surface area contributed by atoms with E-state index in [-0.39, 0.29) is 18.9 Å². The standard InChI is InChI=1S/C15H18N2O5S/c1-22-11-5-3-10(4-6-11)17-14(20)12(23-15(17)21)9-13(19)16-7-2-8-18/h3-6,12,18H,2,7-9H2,1H3,(H,16,19). The smallest absolute Gasteiger partial charge is 0.293 e. The van der Waals surface area contributed by atoms with Crippen molar-refractivity contribution < 1.29 is 24.2 Å². The molecule has 1 unspecified atom stereocenters. The van der Waals surface area contributed by atoms with E-state index in [4.69, 9.17) is 9.84 Å². The van der Waals surface area contributed by atoms with Crippen LogP contribution < -0.4 is 15.0 Å². The molecule has 1 aliphatic rings. The molecule has 0 radical (unpaired) electrons. The number of aliphatic hydroxyl groups excluding tert-OH is 1. The van der Waals surface area contributed by atoms with E-state index < -0.39 is 16.4 Å². The summed E-state index contributed by atoms with van der Waals surface area (Å²) in [6.45, 7) is 0.332. The summed E-state index contributed by atoms with van der Waals surface area (Å²) in [5.41, 5.74) is 0.455. The minimum atomic E-state index is -0.723. The van der Waals surface area contributed by atoms with Crippen LogP contribution in [0.5, 0.6) is 5.75 Å². The van der Waals surface area contributed by atoms with E-state index in [1.807, 2.05) is 0 Å². The van der Waals surface area contributed by atoms with Gasteiger partial charge in [0.25, 0.3) is 5.24 Å². The van der Waals surface area contributed by atoms with E-state index in [0.717, 1.165) is 16.7 Å². The summed E-state index contributed by atoms with van der Waals surface area (Å²) in [7, 11) is 1.53. The number of nitrogens with zero attached hydrogens (tertiary/aromatic N) is 1. The van der Waals surface area contributed by atoms with Gasteiger partial charge in [-0.1, -0.05) is 0 Å². The quantitative estimate of drug-likeness (QED) is 0.724. The van der Waals surface area contributed by atoms with Crippen LogP contribution in [0.3, 0.4) is 0 Å². The van der Waals surface area contributed by atoms with Crippen LogP contribution >= 0.6 is 11.8 Å². The van der Waals surface area contributed by atoms with Gasteiger partial charge in [0.2, 0.25) is 11.8 Å². The van der Waals surface area contributed by atoms with Crippen LogP contribution in [0, 0.1) is 0 Å². The van der Waals surface area contributed by atoms with Crippen LogP contribution in [0.25, 0.3) is 0 Å². The first kappa shape index (κ1) is 17.3. The van der Waals surface area contributed by atoms with Crippen molar-refractivity contribution in [2.45, 2.75) is 18.1 Å². The molecule has 124 valence electrons. The van der Waals surface area contributed by atoms with Gasteiger partial charge in [-0.25, -0.2) is 4.90 Å². The normalized spacial score (nSPS) is 17.5. The van der Waals surface area contributed by atoms with Crippen molar-refractivity contribution in [2.75, 3.05) is 25.2 Å². The number of rotatable bonds is 7. The van der Waals surface area contributed by atoms with Gasteiger partial charge in [-0.2, -0.15) is 0 Å². The number of carbonyl (C=O) groups excluding carboxylic acids is 3. The van der Waals surface area contributed by atoms with E-state index in [1.54, 1.807) is 24.3 Å². The summed E-state index contributed by atoms with van der Waals surface area (Å²) >= 11 is 0.850. The van der Waals surface area contributed by atoms with Gasteiger partial charge < -0.3 is 15.2 Å². The molecule has 1 aromatic carbocycles. The monoisotopic (exact) mass is 338 g/mol. The highest BCUT2D eigenvalue weighted by atomic mass is 32.2. The van der Waals surface area contributed by atoms with Crippen molar-refractivity contribution >= 4 is 34.5 Å². The number of hydrogen-bond acceptors (Lipinski definition) is 6. The maximum Gasteiger partial charge on any atom is 0.293 e. The van der Waals surface area contributed by atoms with Gasteiger partial charge in [0.15, 0.2) is 0 Å². The van der Waals surface area contributed by atoms with Gasteiger partial charge in [-0.3, -0.25) is 14.4 Å². The third-order valence-electron chi connectivity index (χ3n) is 3.28. The summed E-state index contributed by atoms with van der Waals surface area (Å²) in [6, 6.07) is 6.57. The minimum Gasteiger partial charge on any atom is -0.497 e. The maximum absolute atomic E-state index is 12.4. The number of imide groups is 1. The van der Waals surface area contributed by atoms with Crippen molar-refractivity contribution in [3.8, 4) is 5.75 Å². The van der Waals surface area contributed by atoms with Crippen molar-refractivity contribution in [3.63, 3.8) is 0 Å². The van der Waals surface area contributed by atoms with E-state index >= 15 is 0 Å². The maximum atomic E-state index is 12.4. The van der Waals surface area contributed by atoms with Crippen molar-refractivity contribution in [3.05, 3.63) is 24.3 Å². The average Bonchev–Trinajstić information content (AvgIpc) is 2.82. The fraction of sp³-hybridized carbons (Fsp3) is 0.400. The van der Waals surface area contributed by atoms with E-state index in [2.05, 4.69) is 5.32 Å². The molecular formula is C15H18N2O5S. The van der Waals surface area contributed by atoms with Gasteiger partial charge in [-0.05, 0) is 42.4 Å². The molecule has 3 amide bonds. The zero-order valence-corrected chi connectivity index (χ0v) is 13.5. The molecule has 0 aliphatic carbocycles. The molecule has 0 saturated carbocycles. The number of ether oxygens (including phenoxy) is 1. The first-order chi connectivity index (χ1) is 11.1. The van der Waals surface area contributed by atoms with Gasteiger partial charge in [0.05, 0.1) is 12.8 Å². The molecule has 0 spiro atoms. The zero-order chi connectivity index (χ0) is 16.8. The molecule has 23 heavy (non-hydrogen) atoms. The molecule has 2 N–H and O–H groups in total. The van der Waals surface area contributed by atoms with Crippen LogP contribution in [0.15, 0.2) is 24.3 Å². The van der Waals surface area contributed by atoms with Gasteiger partial charge in [-0.15, -0.1) is 0 Å². The fourth-order valence-electron chi connectivity index (χ4n) is 2.10. The summed E-state index contributed by atoms with van der Waals surface area (Å²) in [5, 5.41) is 10.2. The summed E-state index contributed by atoms with van der Waals surface area (Å²) < 4.78 is 5.04. The number of amides is 3. The second-order valence-electron chi connectivity index (χ2n) is 4.88. The van der Waals surface area contributed by atoms with Crippen molar-refractivity contribution in [2.24, 2.45) is 0 Å². The van der Waals surface area contributed by atoms with E-state index in [9.17, 15) is 14.4 Å². The molecule has 1 atom stereocenters. The van der Waals surface area contributed by atoms with Crippen molar-refractivity contribution in [1.82, 2.24) is 5.32 Å². The SMILES string of the molecule is COc1ccc(N2C(=O)SC(CC(=O)NCCCO)C2=O)cc1. The number of methoxy groups -OCH3 is 1. The molecule has 0 aromatic heterocycles. The lowest BCUT2D eigenvalue weighted by atomic mass is 10.2. The zero-order valence-electron chi connectivity index (χ0n) is 12.7. The van der Waals surface area contributed by atoms with Crippen LogP contribution in [0.4, 0.5) is 10.5 Å². The largest absolute Gasteiger partial charge is 0.497 e. The molecule has 0 bridgehead atoms.